The fourth-order valence-electron chi connectivity index (χ4n) is 3.37. The summed E-state index contributed by atoms with van der Waals surface area (Å²) < 4.78 is 34.8. The molecule has 0 fully saturated rings. The largest absolute Gasteiger partial charge is 0.497 e. The number of nitrogens with zero attached hydrogens (tertiary/aromatic N) is 2. The van der Waals surface area contributed by atoms with Crippen molar-refractivity contribution in [1.82, 2.24) is 9.88 Å². The summed E-state index contributed by atoms with van der Waals surface area (Å²) in [5.74, 6) is 0.341. The number of para-hydroxylation sites is 1. The topological polar surface area (TPSA) is 88.6 Å². The van der Waals surface area contributed by atoms with Crippen LogP contribution >= 0.6 is 11.3 Å². The summed E-state index contributed by atoms with van der Waals surface area (Å²) in [6.45, 7) is 2.03. The lowest BCUT2D eigenvalue weighted by Crippen LogP contribution is -2.26. The first-order valence-electron chi connectivity index (χ1n) is 10.1. The number of thiazole rings is 1. The van der Waals surface area contributed by atoms with E-state index in [1.165, 1.54) is 22.3 Å². The SMILES string of the molecule is COc1ccc(NS(=O)(=O)c2cc(C(=O)N(C)Cc3nc4ccccc4s3)ccc2C)cc1. The Morgan fingerprint density at radius 2 is 1.82 bits per heavy atom. The van der Waals surface area contributed by atoms with E-state index in [1.54, 1.807) is 57.5 Å². The molecule has 0 atom stereocenters. The minimum atomic E-state index is -3.89. The molecule has 0 saturated heterocycles. The lowest BCUT2D eigenvalue weighted by Gasteiger charge is -2.17. The zero-order valence-corrected chi connectivity index (χ0v) is 20.0. The maximum absolute atomic E-state index is 13.1. The van der Waals surface area contributed by atoms with E-state index in [0.717, 1.165) is 15.2 Å². The second kappa shape index (κ2) is 9.21. The summed E-state index contributed by atoms with van der Waals surface area (Å²) in [6, 6.07) is 19.1. The van der Waals surface area contributed by atoms with Crippen LogP contribution in [-0.2, 0) is 16.6 Å². The number of fused-ring (bicyclic) bond motifs is 1. The van der Waals surface area contributed by atoms with Crippen molar-refractivity contribution >= 4 is 43.2 Å². The smallest absolute Gasteiger partial charge is 0.262 e. The fraction of sp³-hybridized carbons (Fsp3) is 0.167. The average molecular weight is 482 g/mol. The Bertz CT molecular complexity index is 1380. The van der Waals surface area contributed by atoms with E-state index in [1.807, 2.05) is 24.3 Å². The van der Waals surface area contributed by atoms with Gasteiger partial charge in [-0.1, -0.05) is 18.2 Å². The summed E-state index contributed by atoms with van der Waals surface area (Å²) in [4.78, 5) is 19.2. The Balaban J connectivity index is 1.55. The van der Waals surface area contributed by atoms with Crippen molar-refractivity contribution in [1.29, 1.82) is 0 Å². The van der Waals surface area contributed by atoms with Crippen LogP contribution in [0.3, 0.4) is 0 Å². The van der Waals surface area contributed by atoms with Crippen molar-refractivity contribution in [2.24, 2.45) is 0 Å². The molecule has 0 aliphatic heterocycles. The van der Waals surface area contributed by atoms with Gasteiger partial charge < -0.3 is 9.64 Å². The number of hydrogen-bond acceptors (Lipinski definition) is 6. The van der Waals surface area contributed by atoms with E-state index in [4.69, 9.17) is 4.74 Å². The molecule has 0 saturated carbocycles. The van der Waals surface area contributed by atoms with Gasteiger partial charge in [0.2, 0.25) is 0 Å². The van der Waals surface area contributed by atoms with Gasteiger partial charge in [-0.3, -0.25) is 9.52 Å². The standard InChI is InChI=1S/C24H23N3O4S2/c1-16-8-9-17(14-22(16)33(29,30)26-18-10-12-19(31-3)13-11-18)24(28)27(2)15-23-25-20-6-4-5-7-21(20)32-23/h4-14,26H,15H2,1-3H3. The Kier molecular flexibility index (Phi) is 6.35. The summed E-state index contributed by atoms with van der Waals surface area (Å²) in [5, 5.41) is 0.813. The quantitative estimate of drug-likeness (QED) is 0.414. The molecule has 9 heteroatoms. The van der Waals surface area contributed by atoms with Crippen LogP contribution in [0.25, 0.3) is 10.2 Å². The van der Waals surface area contributed by atoms with Crippen molar-refractivity contribution in [2.45, 2.75) is 18.4 Å². The number of amides is 1. The second-order valence-corrected chi connectivity index (χ2v) is 10.3. The third-order valence-corrected chi connectivity index (χ3v) is 7.67. The fourth-order valence-corrected chi connectivity index (χ4v) is 5.73. The monoisotopic (exact) mass is 481 g/mol. The van der Waals surface area contributed by atoms with Crippen LogP contribution in [0.15, 0.2) is 71.6 Å². The van der Waals surface area contributed by atoms with Crippen LogP contribution in [-0.4, -0.2) is 38.4 Å². The van der Waals surface area contributed by atoms with E-state index in [0.29, 0.717) is 29.1 Å². The highest BCUT2D eigenvalue weighted by Gasteiger charge is 2.21. The normalized spacial score (nSPS) is 11.4. The van der Waals surface area contributed by atoms with Crippen LogP contribution in [0.5, 0.6) is 5.75 Å². The first-order valence-corrected chi connectivity index (χ1v) is 12.4. The molecule has 170 valence electrons. The minimum Gasteiger partial charge on any atom is -0.497 e. The zero-order chi connectivity index (χ0) is 23.6. The highest BCUT2D eigenvalue weighted by molar-refractivity contribution is 7.92. The molecule has 33 heavy (non-hydrogen) atoms. The van der Waals surface area contributed by atoms with Crippen molar-refractivity contribution in [2.75, 3.05) is 18.9 Å². The van der Waals surface area contributed by atoms with Crippen LogP contribution in [0, 0.1) is 6.92 Å². The number of sulfonamides is 1. The Hall–Kier alpha value is -3.43. The van der Waals surface area contributed by atoms with Crippen molar-refractivity contribution in [3.8, 4) is 5.75 Å². The van der Waals surface area contributed by atoms with E-state index in [-0.39, 0.29) is 10.8 Å². The molecular weight excluding hydrogens is 458 g/mol. The molecular formula is C24H23N3O4S2. The predicted octanol–water partition coefficient (Wildman–Crippen LogP) is 4.69. The maximum Gasteiger partial charge on any atom is 0.262 e. The Labute approximate surface area is 196 Å². The van der Waals surface area contributed by atoms with E-state index >= 15 is 0 Å². The third kappa shape index (κ3) is 4.99. The minimum absolute atomic E-state index is 0.0533. The second-order valence-electron chi connectivity index (χ2n) is 7.55. The lowest BCUT2D eigenvalue weighted by molar-refractivity contribution is 0.0785. The van der Waals surface area contributed by atoms with Gasteiger partial charge in [-0.05, 0) is 61.0 Å². The van der Waals surface area contributed by atoms with Gasteiger partial charge in [-0.2, -0.15) is 0 Å². The molecule has 0 aliphatic rings. The molecule has 1 aromatic heterocycles. The number of rotatable bonds is 7. The highest BCUT2D eigenvalue weighted by atomic mass is 32.2. The van der Waals surface area contributed by atoms with Gasteiger partial charge in [0, 0.05) is 18.3 Å². The molecule has 4 rings (SSSR count). The van der Waals surface area contributed by atoms with Crippen LogP contribution < -0.4 is 9.46 Å². The number of carbonyl (C=O) groups excluding carboxylic acids is 1. The van der Waals surface area contributed by atoms with Gasteiger partial charge in [0.15, 0.2) is 0 Å². The molecule has 3 aromatic carbocycles. The number of aryl methyl sites for hydroxylation is 1. The molecule has 0 bridgehead atoms. The van der Waals surface area contributed by atoms with Crippen LogP contribution in [0.2, 0.25) is 0 Å². The molecule has 4 aromatic rings. The van der Waals surface area contributed by atoms with E-state index in [2.05, 4.69) is 9.71 Å². The summed E-state index contributed by atoms with van der Waals surface area (Å²) in [7, 11) is -0.674. The Morgan fingerprint density at radius 1 is 1.09 bits per heavy atom. The molecule has 7 nitrogen and oxygen atoms in total. The molecule has 1 heterocycles. The van der Waals surface area contributed by atoms with Crippen LogP contribution in [0.1, 0.15) is 20.9 Å². The summed E-state index contributed by atoms with van der Waals surface area (Å²) in [6.07, 6.45) is 0. The van der Waals surface area contributed by atoms with Gasteiger partial charge in [0.05, 0.1) is 28.8 Å². The van der Waals surface area contributed by atoms with Crippen molar-refractivity contribution < 1.29 is 17.9 Å². The number of ether oxygens (including phenoxy) is 1. The highest BCUT2D eigenvalue weighted by Crippen LogP contribution is 2.25. The number of carbonyl (C=O) groups is 1. The van der Waals surface area contributed by atoms with E-state index in [9.17, 15) is 13.2 Å². The molecule has 0 spiro atoms. The van der Waals surface area contributed by atoms with Crippen LogP contribution in [0.4, 0.5) is 5.69 Å². The predicted molar refractivity (Wildman–Crippen MR) is 130 cm³/mol. The average Bonchev–Trinajstić information content (AvgIpc) is 3.21. The molecule has 0 unspecified atom stereocenters. The number of anilines is 1. The van der Waals surface area contributed by atoms with Gasteiger partial charge in [0.25, 0.3) is 15.9 Å². The van der Waals surface area contributed by atoms with Crippen molar-refractivity contribution in [3.63, 3.8) is 0 Å². The van der Waals surface area contributed by atoms with Gasteiger partial charge in [-0.15, -0.1) is 11.3 Å². The first kappa shape index (κ1) is 22.8. The molecule has 1 N–H and O–H groups in total. The lowest BCUT2D eigenvalue weighted by atomic mass is 10.1. The number of nitrogens with one attached hydrogen (secondary N) is 1. The molecule has 1 amide bonds. The van der Waals surface area contributed by atoms with Gasteiger partial charge >= 0.3 is 0 Å². The maximum atomic E-state index is 13.1. The third-order valence-electron chi connectivity index (χ3n) is 5.12. The number of aromatic nitrogens is 1. The number of methoxy groups -OCH3 is 1. The molecule has 0 radical (unpaired) electrons. The first-order chi connectivity index (χ1) is 15.8. The number of benzene rings is 3. The number of hydrogen-bond donors (Lipinski definition) is 1. The van der Waals surface area contributed by atoms with Gasteiger partial charge in [0.1, 0.15) is 10.8 Å². The zero-order valence-electron chi connectivity index (χ0n) is 18.4. The Morgan fingerprint density at radius 3 is 2.52 bits per heavy atom. The van der Waals surface area contributed by atoms with E-state index < -0.39 is 10.0 Å². The molecule has 0 aliphatic carbocycles. The summed E-state index contributed by atoms with van der Waals surface area (Å²) >= 11 is 1.53. The van der Waals surface area contributed by atoms with Crippen molar-refractivity contribution in [3.05, 3.63) is 82.9 Å². The van der Waals surface area contributed by atoms with Gasteiger partial charge in [-0.25, -0.2) is 13.4 Å². The summed E-state index contributed by atoms with van der Waals surface area (Å²) in [5.41, 5.74) is 2.13.